The highest BCUT2D eigenvalue weighted by atomic mass is 16.1. The first-order chi connectivity index (χ1) is 32.8. The van der Waals surface area contributed by atoms with Crippen molar-refractivity contribution in [3.63, 3.8) is 0 Å². The Morgan fingerprint density at radius 1 is 0.412 bits per heavy atom. The van der Waals surface area contributed by atoms with Crippen LogP contribution in [0.3, 0.4) is 0 Å². The summed E-state index contributed by atoms with van der Waals surface area (Å²) in [6.07, 6.45) is 1.96. The van der Waals surface area contributed by atoms with Crippen molar-refractivity contribution in [1.82, 2.24) is 4.40 Å². The number of hydrogen-bond donors (Lipinski definition) is 0. The number of hydrogen-bond acceptors (Lipinski definition) is 2. The molecule has 0 radical (unpaired) electrons. The maximum Gasteiger partial charge on any atom is 0.175 e. The highest BCUT2D eigenvalue weighted by molar-refractivity contribution is 6.28. The first-order valence-corrected chi connectivity index (χ1v) is 24.7. The van der Waals surface area contributed by atoms with Gasteiger partial charge in [0, 0.05) is 49.9 Å². The number of carbonyl (C=O) groups is 2. The van der Waals surface area contributed by atoms with Crippen LogP contribution in [0.25, 0.3) is 49.2 Å². The highest BCUT2D eigenvalue weighted by Gasteiger charge is 2.51. The third-order valence-electron chi connectivity index (χ3n) is 16.9. The predicted octanol–water partition coefficient (Wildman–Crippen LogP) is 15.6. The van der Waals surface area contributed by atoms with E-state index < -0.39 is 0 Å². The molecule has 0 fully saturated rings. The summed E-state index contributed by atoms with van der Waals surface area (Å²) in [4.78, 5) is 31.1. The lowest BCUT2D eigenvalue weighted by Crippen LogP contribution is -2.35. The molecule has 0 unspecified atom stereocenters. The largest absolute Gasteiger partial charge is 0.308 e. The van der Waals surface area contributed by atoms with Crippen LogP contribution in [0, 0.1) is 10.8 Å². The Bertz CT molecular complexity index is 3850. The summed E-state index contributed by atoms with van der Waals surface area (Å²) >= 11 is 0. The van der Waals surface area contributed by atoms with E-state index in [0.29, 0.717) is 0 Å². The Kier molecular flexibility index (Phi) is 7.28. The minimum absolute atomic E-state index is 0.00603. The van der Waals surface area contributed by atoms with Gasteiger partial charge in [0.1, 0.15) is 0 Å². The minimum Gasteiger partial charge on any atom is -0.308 e. The van der Waals surface area contributed by atoms with Crippen molar-refractivity contribution in [2.45, 2.75) is 83.5 Å². The zero-order chi connectivity index (χ0) is 45.9. The quantitative estimate of drug-likeness (QED) is 0.174. The second-order valence-corrected chi connectivity index (χ2v) is 23.4. The summed E-state index contributed by atoms with van der Waals surface area (Å²) in [6.45, 7) is 14.5. The number of Topliss-reactive ketones (excluding diaryl/α,β-unsaturated/α-hetero) is 2. The topological polar surface area (TPSA) is 38.5 Å². The van der Waals surface area contributed by atoms with Crippen LogP contribution in [0.4, 0.5) is 0 Å². The monoisotopic (exact) mass is 877 g/mol. The van der Waals surface area contributed by atoms with Crippen molar-refractivity contribution < 1.29 is 9.59 Å². The van der Waals surface area contributed by atoms with Crippen LogP contribution >= 0.6 is 0 Å². The SMILES string of the molecule is CC(C)(C)CC1(CC(C)(C)C)c2ccccc2-c2cc3c4cc5c(cc4n4c6cc7c(cc6c(c21)c34)C1c2ccccc2C(C7=O)c2ccccc21)C(=O)C1c2ccccc2C5c2ccccc21. The van der Waals surface area contributed by atoms with E-state index in [1.165, 1.54) is 66.2 Å². The van der Waals surface area contributed by atoms with Crippen LogP contribution < -0.4 is 0 Å². The van der Waals surface area contributed by atoms with Crippen LogP contribution in [0.2, 0.25) is 0 Å². The van der Waals surface area contributed by atoms with Crippen LogP contribution in [0.1, 0.15) is 166 Å². The van der Waals surface area contributed by atoms with E-state index in [4.69, 9.17) is 0 Å². The molecule has 0 aliphatic heterocycles. The maximum atomic E-state index is 15.6. The molecule has 8 aromatic carbocycles. The summed E-state index contributed by atoms with van der Waals surface area (Å²) in [5, 5.41) is 4.85. The molecule has 7 aliphatic rings. The molecule has 0 saturated heterocycles. The molecular weight excluding hydrogens is 827 g/mol. The summed E-state index contributed by atoms with van der Waals surface area (Å²) in [5.74, 6) is -0.562. The molecule has 7 aliphatic carbocycles. The fourth-order valence-corrected chi connectivity index (χ4v) is 15.2. The highest BCUT2D eigenvalue weighted by Crippen LogP contribution is 2.63. The van der Waals surface area contributed by atoms with Crippen molar-refractivity contribution in [2.24, 2.45) is 10.8 Å². The van der Waals surface area contributed by atoms with E-state index in [9.17, 15) is 0 Å². The van der Waals surface area contributed by atoms with Gasteiger partial charge in [-0.1, -0.05) is 163 Å². The van der Waals surface area contributed by atoms with Gasteiger partial charge in [-0.3, -0.25) is 9.59 Å². The summed E-state index contributed by atoms with van der Waals surface area (Å²) < 4.78 is 2.48. The standard InChI is InChI=1S/C65H51NO2/c1-63(2,3)32-65(33-64(4,5)6)51-26-16-15-17-34(51)46-29-47-43-27-44-48(61(67)56-39-22-11-7-18-35(39)54(44)36-19-8-12-23-40(36)56)30-52(43)66-53-31-49-45(28-50(53)58(59(46)65)60(47)66)55-37-20-9-13-24-41(37)57(62(49)68)42-25-14-10-21-38(42)55/h7-31,54-57H,32-33H2,1-6H3. The Hall–Kier alpha value is -7.10. The van der Waals surface area contributed by atoms with Crippen molar-refractivity contribution >= 4 is 49.7 Å². The fraction of sp³-hybridized carbons (Fsp3) is 0.231. The second kappa shape index (κ2) is 12.7. The number of fused-ring (bicyclic) bond motifs is 10. The van der Waals surface area contributed by atoms with Gasteiger partial charge in [0.15, 0.2) is 11.6 Å². The van der Waals surface area contributed by atoms with Gasteiger partial charge < -0.3 is 4.40 Å². The predicted molar refractivity (Wildman–Crippen MR) is 275 cm³/mol. The van der Waals surface area contributed by atoms with E-state index in [-0.39, 0.29) is 51.5 Å². The molecule has 68 heavy (non-hydrogen) atoms. The van der Waals surface area contributed by atoms with Crippen LogP contribution in [0.15, 0.2) is 152 Å². The zero-order valence-corrected chi connectivity index (χ0v) is 39.4. The van der Waals surface area contributed by atoms with Crippen molar-refractivity contribution in [3.8, 4) is 11.1 Å². The minimum atomic E-state index is -0.375. The summed E-state index contributed by atoms with van der Waals surface area (Å²) in [6, 6.07) is 55.8. The lowest BCUT2D eigenvalue weighted by atomic mass is 9.61. The second-order valence-electron chi connectivity index (χ2n) is 23.4. The van der Waals surface area contributed by atoms with Crippen LogP contribution in [-0.2, 0) is 5.41 Å². The van der Waals surface area contributed by atoms with Gasteiger partial charge in [-0.15, -0.1) is 0 Å². The van der Waals surface area contributed by atoms with Gasteiger partial charge in [0.05, 0.1) is 28.4 Å². The Balaban J connectivity index is 1.13. The number of carbonyl (C=O) groups excluding carboxylic acids is 2. The van der Waals surface area contributed by atoms with E-state index in [0.717, 1.165) is 73.8 Å². The molecule has 2 heterocycles. The molecule has 10 aromatic rings. The van der Waals surface area contributed by atoms with E-state index in [1.807, 2.05) is 0 Å². The smallest absolute Gasteiger partial charge is 0.175 e. The number of benzene rings is 8. The van der Waals surface area contributed by atoms with Crippen molar-refractivity contribution in [1.29, 1.82) is 0 Å². The maximum absolute atomic E-state index is 15.6. The fourth-order valence-electron chi connectivity index (χ4n) is 15.2. The number of nitrogens with zero attached hydrogens (tertiary/aromatic N) is 1. The van der Waals surface area contributed by atoms with Crippen molar-refractivity contribution in [2.75, 3.05) is 0 Å². The van der Waals surface area contributed by atoms with Gasteiger partial charge in [0.25, 0.3) is 0 Å². The van der Waals surface area contributed by atoms with Gasteiger partial charge in [0.2, 0.25) is 0 Å². The van der Waals surface area contributed by atoms with Gasteiger partial charge in [-0.2, -0.15) is 0 Å². The molecule has 3 heteroatoms. The van der Waals surface area contributed by atoms with E-state index in [1.54, 1.807) is 0 Å². The first kappa shape index (κ1) is 38.9. The third-order valence-corrected chi connectivity index (χ3v) is 16.9. The molecule has 0 amide bonds. The molecular formula is C65H51NO2. The van der Waals surface area contributed by atoms with Crippen LogP contribution in [0.5, 0.6) is 0 Å². The molecule has 328 valence electrons. The number of aromatic nitrogens is 1. The first-order valence-electron chi connectivity index (χ1n) is 24.7. The van der Waals surface area contributed by atoms with E-state index >= 15 is 9.59 Å². The molecule has 4 bridgehead atoms. The lowest BCUT2D eigenvalue weighted by Gasteiger charge is -2.42. The Morgan fingerprint density at radius 2 is 0.809 bits per heavy atom. The number of ketones is 2. The average Bonchev–Trinajstić information content (AvgIpc) is 3.80. The molecule has 0 saturated carbocycles. The molecule has 0 N–H and O–H groups in total. The van der Waals surface area contributed by atoms with Gasteiger partial charge in [-0.05, 0) is 132 Å². The molecule has 2 aromatic heterocycles. The summed E-state index contributed by atoms with van der Waals surface area (Å²) in [5.41, 5.74) is 21.7. The average molecular weight is 878 g/mol. The van der Waals surface area contributed by atoms with E-state index in [2.05, 4.69) is 198 Å². The number of rotatable bonds is 2. The molecule has 0 spiro atoms. The molecule has 3 nitrogen and oxygen atoms in total. The third kappa shape index (κ3) is 4.75. The molecule has 17 rings (SSSR count). The van der Waals surface area contributed by atoms with Gasteiger partial charge in [-0.25, -0.2) is 0 Å². The van der Waals surface area contributed by atoms with Crippen molar-refractivity contribution in [3.05, 3.63) is 230 Å². The Labute approximate surface area is 396 Å². The molecule has 0 atom stereocenters. The Morgan fingerprint density at radius 3 is 1.26 bits per heavy atom. The summed E-state index contributed by atoms with van der Waals surface area (Å²) in [7, 11) is 0. The van der Waals surface area contributed by atoms with Crippen LogP contribution in [-0.4, -0.2) is 16.0 Å². The normalized spacial score (nSPS) is 20.2. The van der Waals surface area contributed by atoms with Gasteiger partial charge >= 0.3 is 0 Å². The zero-order valence-electron chi connectivity index (χ0n) is 39.4. The lowest BCUT2D eigenvalue weighted by molar-refractivity contribution is 0.0966.